The summed E-state index contributed by atoms with van der Waals surface area (Å²) in [7, 11) is 0. The van der Waals surface area contributed by atoms with Crippen molar-refractivity contribution in [2.75, 3.05) is 18.5 Å². The summed E-state index contributed by atoms with van der Waals surface area (Å²) < 4.78 is 11.1. The van der Waals surface area contributed by atoms with Crippen LogP contribution in [0.4, 0.5) is 5.69 Å². The molecule has 0 aliphatic rings. The second-order valence-corrected chi connectivity index (χ2v) is 6.55. The first-order valence-corrected chi connectivity index (χ1v) is 9.36. The number of aryl methyl sites for hydroxylation is 2. The molecule has 1 amide bonds. The Hall–Kier alpha value is -2.97. The van der Waals surface area contributed by atoms with Gasteiger partial charge in [-0.25, -0.2) is 0 Å². The van der Waals surface area contributed by atoms with Gasteiger partial charge < -0.3 is 14.8 Å². The quantitative estimate of drug-likeness (QED) is 0.507. The number of benzene rings is 2. The van der Waals surface area contributed by atoms with Crippen LogP contribution in [0.5, 0.6) is 11.5 Å². The number of nitrogens with one attached hydrogen (secondary N) is 1. The third-order valence-corrected chi connectivity index (χ3v) is 4.21. The molecule has 2 rings (SSSR count). The molecule has 5 nitrogen and oxygen atoms in total. The molecule has 0 radical (unpaired) electrons. The SMILES string of the molecule is CCOc1cc(/C=C(\C#N)C(=O)Nc2ccc(C)cc2C)cc(Cl)c1OCC. The van der Waals surface area contributed by atoms with E-state index in [1.165, 1.54) is 6.08 Å². The molecular weight excluding hydrogens is 376 g/mol. The minimum Gasteiger partial charge on any atom is -0.490 e. The maximum Gasteiger partial charge on any atom is 0.266 e. The number of hydrogen-bond acceptors (Lipinski definition) is 4. The van der Waals surface area contributed by atoms with Gasteiger partial charge in [0.15, 0.2) is 11.5 Å². The minimum atomic E-state index is -0.488. The van der Waals surface area contributed by atoms with E-state index in [0.29, 0.717) is 41.0 Å². The Bertz CT molecular complexity index is 946. The summed E-state index contributed by atoms with van der Waals surface area (Å²) in [6.07, 6.45) is 1.48. The van der Waals surface area contributed by atoms with Crippen LogP contribution in [0.2, 0.25) is 5.02 Å². The number of nitrogens with zero attached hydrogens (tertiary/aromatic N) is 1. The number of carbonyl (C=O) groups is 1. The number of amides is 1. The van der Waals surface area contributed by atoms with Gasteiger partial charge in [-0.05, 0) is 63.1 Å². The molecule has 0 unspecified atom stereocenters. The first-order chi connectivity index (χ1) is 13.4. The van der Waals surface area contributed by atoms with Crippen LogP contribution >= 0.6 is 11.6 Å². The summed E-state index contributed by atoms with van der Waals surface area (Å²) >= 11 is 6.30. The maximum absolute atomic E-state index is 12.6. The number of nitriles is 1. The average molecular weight is 399 g/mol. The van der Waals surface area contributed by atoms with Gasteiger partial charge in [-0.1, -0.05) is 29.3 Å². The monoisotopic (exact) mass is 398 g/mol. The summed E-state index contributed by atoms with van der Waals surface area (Å²) in [6.45, 7) is 8.46. The fourth-order valence-corrected chi connectivity index (χ4v) is 2.95. The number of carbonyl (C=O) groups excluding carboxylic acids is 1. The predicted molar refractivity (Wildman–Crippen MR) is 112 cm³/mol. The molecule has 0 atom stereocenters. The van der Waals surface area contributed by atoms with E-state index in [1.54, 1.807) is 12.1 Å². The second kappa shape index (κ2) is 9.82. The van der Waals surface area contributed by atoms with E-state index in [9.17, 15) is 10.1 Å². The standard InChI is InChI=1S/C22H23ClN2O3/c1-5-27-20-12-16(11-18(23)21(20)28-6-2)10-17(13-24)22(26)25-19-8-7-14(3)9-15(19)4/h7-12H,5-6H2,1-4H3,(H,25,26)/b17-10+. The van der Waals surface area contributed by atoms with Crippen molar-refractivity contribution in [2.45, 2.75) is 27.7 Å². The average Bonchev–Trinajstić information content (AvgIpc) is 2.65. The molecule has 1 N–H and O–H groups in total. The van der Waals surface area contributed by atoms with E-state index < -0.39 is 5.91 Å². The Kier molecular flexibility index (Phi) is 7.48. The van der Waals surface area contributed by atoms with Crippen molar-refractivity contribution in [2.24, 2.45) is 0 Å². The Morgan fingerprint density at radius 1 is 1.18 bits per heavy atom. The fourth-order valence-electron chi connectivity index (χ4n) is 2.68. The van der Waals surface area contributed by atoms with Crippen molar-refractivity contribution in [1.29, 1.82) is 5.26 Å². The molecule has 0 heterocycles. The zero-order valence-corrected chi connectivity index (χ0v) is 17.2. The van der Waals surface area contributed by atoms with Gasteiger partial charge in [-0.2, -0.15) is 5.26 Å². The summed E-state index contributed by atoms with van der Waals surface area (Å²) in [5.41, 5.74) is 3.22. The lowest BCUT2D eigenvalue weighted by molar-refractivity contribution is -0.112. The number of anilines is 1. The molecular formula is C22H23ClN2O3. The van der Waals surface area contributed by atoms with E-state index in [0.717, 1.165) is 11.1 Å². The van der Waals surface area contributed by atoms with Gasteiger partial charge in [0.25, 0.3) is 5.91 Å². The van der Waals surface area contributed by atoms with Crippen molar-refractivity contribution in [3.63, 3.8) is 0 Å². The zero-order chi connectivity index (χ0) is 20.7. The molecule has 28 heavy (non-hydrogen) atoms. The van der Waals surface area contributed by atoms with Crippen LogP contribution in [0, 0.1) is 25.2 Å². The number of halogens is 1. The number of rotatable bonds is 7. The fraction of sp³-hybridized carbons (Fsp3) is 0.273. The lowest BCUT2D eigenvalue weighted by atomic mass is 10.1. The Morgan fingerprint density at radius 3 is 2.50 bits per heavy atom. The Balaban J connectivity index is 2.35. The second-order valence-electron chi connectivity index (χ2n) is 6.14. The zero-order valence-electron chi connectivity index (χ0n) is 16.4. The van der Waals surface area contributed by atoms with Crippen LogP contribution in [0.3, 0.4) is 0 Å². The Labute approximate surface area is 170 Å². The molecule has 2 aromatic rings. The highest BCUT2D eigenvalue weighted by atomic mass is 35.5. The first-order valence-electron chi connectivity index (χ1n) is 8.99. The van der Waals surface area contributed by atoms with E-state index >= 15 is 0 Å². The number of ether oxygens (including phenoxy) is 2. The van der Waals surface area contributed by atoms with E-state index in [1.807, 2.05) is 52.0 Å². The highest BCUT2D eigenvalue weighted by Crippen LogP contribution is 2.37. The van der Waals surface area contributed by atoms with Crippen molar-refractivity contribution in [1.82, 2.24) is 0 Å². The summed E-state index contributed by atoms with van der Waals surface area (Å²) in [5.74, 6) is 0.425. The smallest absolute Gasteiger partial charge is 0.266 e. The molecule has 0 fully saturated rings. The molecule has 2 aromatic carbocycles. The van der Waals surface area contributed by atoms with Gasteiger partial charge in [0.05, 0.1) is 18.2 Å². The summed E-state index contributed by atoms with van der Waals surface area (Å²) in [4.78, 5) is 12.6. The maximum atomic E-state index is 12.6. The molecule has 0 saturated heterocycles. The summed E-state index contributed by atoms with van der Waals surface area (Å²) in [5, 5.41) is 12.6. The van der Waals surface area contributed by atoms with Crippen LogP contribution < -0.4 is 14.8 Å². The molecule has 0 spiro atoms. The molecule has 0 bridgehead atoms. The topological polar surface area (TPSA) is 71.3 Å². The van der Waals surface area contributed by atoms with Crippen LogP contribution in [-0.2, 0) is 4.79 Å². The third kappa shape index (κ3) is 5.28. The highest BCUT2D eigenvalue weighted by molar-refractivity contribution is 6.32. The van der Waals surface area contributed by atoms with Gasteiger partial charge in [0, 0.05) is 5.69 Å². The van der Waals surface area contributed by atoms with E-state index in [2.05, 4.69) is 5.32 Å². The van der Waals surface area contributed by atoms with Crippen LogP contribution in [0.1, 0.15) is 30.5 Å². The first kappa shape index (κ1) is 21.3. The molecule has 0 aromatic heterocycles. The number of hydrogen-bond donors (Lipinski definition) is 1. The van der Waals surface area contributed by atoms with Gasteiger partial charge >= 0.3 is 0 Å². The largest absolute Gasteiger partial charge is 0.490 e. The van der Waals surface area contributed by atoms with Gasteiger partial charge in [0.2, 0.25) is 0 Å². The van der Waals surface area contributed by atoms with Gasteiger partial charge in [0.1, 0.15) is 11.6 Å². The minimum absolute atomic E-state index is 0.0392. The van der Waals surface area contributed by atoms with Crippen molar-refractivity contribution in [3.05, 3.63) is 57.6 Å². The van der Waals surface area contributed by atoms with Crippen LogP contribution in [-0.4, -0.2) is 19.1 Å². The molecule has 0 aliphatic heterocycles. The third-order valence-electron chi connectivity index (χ3n) is 3.93. The van der Waals surface area contributed by atoms with Crippen molar-refractivity contribution < 1.29 is 14.3 Å². The van der Waals surface area contributed by atoms with Gasteiger partial charge in [-0.3, -0.25) is 4.79 Å². The Morgan fingerprint density at radius 2 is 1.89 bits per heavy atom. The van der Waals surface area contributed by atoms with Crippen LogP contribution in [0.15, 0.2) is 35.9 Å². The van der Waals surface area contributed by atoms with E-state index in [4.69, 9.17) is 21.1 Å². The van der Waals surface area contributed by atoms with Crippen molar-refractivity contribution >= 4 is 29.3 Å². The molecule has 146 valence electrons. The van der Waals surface area contributed by atoms with E-state index in [-0.39, 0.29) is 5.57 Å². The molecule has 0 saturated carbocycles. The molecule has 0 aliphatic carbocycles. The van der Waals surface area contributed by atoms with Crippen molar-refractivity contribution in [3.8, 4) is 17.6 Å². The van der Waals surface area contributed by atoms with Gasteiger partial charge in [-0.15, -0.1) is 0 Å². The van der Waals surface area contributed by atoms with Crippen LogP contribution in [0.25, 0.3) is 6.08 Å². The lowest BCUT2D eigenvalue weighted by Gasteiger charge is -2.13. The lowest BCUT2D eigenvalue weighted by Crippen LogP contribution is -2.14. The summed E-state index contributed by atoms with van der Waals surface area (Å²) in [6, 6.07) is 11.0. The normalized spacial score (nSPS) is 10.9. The highest BCUT2D eigenvalue weighted by Gasteiger charge is 2.15. The molecule has 6 heteroatoms. The predicted octanol–water partition coefficient (Wildman–Crippen LogP) is 5.30.